The number of carbonyl (C=O) groups excluding carboxylic acids is 2. The Labute approximate surface area is 323 Å². The minimum Gasteiger partial charge on any atom is -0.490 e. The van der Waals surface area contributed by atoms with Crippen LogP contribution in [-0.2, 0) is 36.1 Å². The standard InChI is InChI=1S/C42H49ClN2O8S/c1-50-25-33(53-41(47)28-9-4-3-5-10-28)23-34-12-6-7-13-38(51-2)35-17-14-31(35)24-45-26-42(20-8-11-29-21-32(43)16-18-36(29)42)27-52-39-19-15-30(22-37(39)45)40(46)44-54(34,48)49/h3-5,7,9-10,13,15-16,18-19,21-22,31,33-35,38H,6,8,11-12,14,17,20,23-27H2,1-2H3,(H,44,46)/b13-7+/t31-,33-,34+,35+,38-,42-/m0/s1. The molecule has 3 aromatic rings. The minimum absolute atomic E-state index is 0.0111. The second kappa shape index (κ2) is 16.5. The van der Waals surface area contributed by atoms with E-state index in [0.717, 1.165) is 49.4 Å². The first-order chi connectivity index (χ1) is 26.1. The summed E-state index contributed by atoms with van der Waals surface area (Å²) in [5.74, 6) is -0.0389. The zero-order chi connectivity index (χ0) is 37.9. The molecule has 0 aromatic heterocycles. The van der Waals surface area contributed by atoms with Gasteiger partial charge in [-0.1, -0.05) is 48.0 Å². The molecule has 4 aliphatic rings. The zero-order valence-corrected chi connectivity index (χ0v) is 32.4. The lowest BCUT2D eigenvalue weighted by molar-refractivity contribution is 0.00264. The summed E-state index contributed by atoms with van der Waals surface area (Å²) in [4.78, 5) is 29.3. The van der Waals surface area contributed by atoms with Crippen molar-refractivity contribution < 1.29 is 37.0 Å². The van der Waals surface area contributed by atoms with Crippen LogP contribution in [0.25, 0.3) is 0 Å². The number of hydrogen-bond acceptors (Lipinski definition) is 9. The summed E-state index contributed by atoms with van der Waals surface area (Å²) in [7, 11) is -1.07. The number of fused-ring (bicyclic) bond motifs is 4. The summed E-state index contributed by atoms with van der Waals surface area (Å²) in [6, 6.07) is 19.9. The Hall–Kier alpha value is -3.90. The fourth-order valence-electron chi connectivity index (χ4n) is 8.80. The van der Waals surface area contributed by atoms with E-state index in [1.807, 2.05) is 18.2 Å². The molecule has 0 unspecified atom stereocenters. The van der Waals surface area contributed by atoms with E-state index in [1.165, 1.54) is 18.2 Å². The molecule has 2 heterocycles. The van der Waals surface area contributed by atoms with Crippen molar-refractivity contribution in [2.75, 3.05) is 45.4 Å². The number of halogens is 1. The molecule has 288 valence electrons. The van der Waals surface area contributed by atoms with E-state index in [0.29, 0.717) is 36.8 Å². The van der Waals surface area contributed by atoms with Crippen LogP contribution in [0.15, 0.2) is 78.9 Å². The molecule has 0 radical (unpaired) electrons. The molecule has 2 aliphatic carbocycles. The third kappa shape index (κ3) is 8.20. The van der Waals surface area contributed by atoms with Crippen LogP contribution in [0.1, 0.15) is 76.8 Å². The van der Waals surface area contributed by atoms with Gasteiger partial charge in [-0.3, -0.25) is 4.79 Å². The van der Waals surface area contributed by atoms with E-state index in [1.54, 1.807) is 55.6 Å². The highest BCUT2D eigenvalue weighted by Gasteiger charge is 2.44. The van der Waals surface area contributed by atoms with Gasteiger partial charge >= 0.3 is 5.97 Å². The molecule has 54 heavy (non-hydrogen) atoms. The molecule has 3 aromatic carbocycles. The predicted octanol–water partition coefficient (Wildman–Crippen LogP) is 6.89. The van der Waals surface area contributed by atoms with Crippen LogP contribution >= 0.6 is 11.6 Å². The van der Waals surface area contributed by atoms with Crippen LogP contribution in [0.5, 0.6) is 5.75 Å². The fourth-order valence-corrected chi connectivity index (χ4v) is 10.4. The first-order valence-electron chi connectivity index (χ1n) is 18.9. The maximum absolute atomic E-state index is 14.1. The van der Waals surface area contributed by atoms with Crippen molar-refractivity contribution in [2.24, 2.45) is 11.8 Å². The highest BCUT2D eigenvalue weighted by molar-refractivity contribution is 7.90. The van der Waals surface area contributed by atoms with E-state index in [9.17, 15) is 18.0 Å². The number of hydrogen-bond donors (Lipinski definition) is 1. The van der Waals surface area contributed by atoms with Crippen LogP contribution in [0, 0.1) is 11.8 Å². The van der Waals surface area contributed by atoms with Crippen LogP contribution in [0.4, 0.5) is 5.69 Å². The summed E-state index contributed by atoms with van der Waals surface area (Å²) in [5.41, 5.74) is 3.53. The van der Waals surface area contributed by atoms with Gasteiger partial charge in [-0.2, -0.15) is 0 Å². The molecular weight excluding hydrogens is 728 g/mol. The van der Waals surface area contributed by atoms with Gasteiger partial charge < -0.3 is 23.8 Å². The van der Waals surface area contributed by atoms with Gasteiger partial charge in [-0.25, -0.2) is 17.9 Å². The van der Waals surface area contributed by atoms with E-state index in [4.69, 9.17) is 30.5 Å². The number of methoxy groups -OCH3 is 2. The summed E-state index contributed by atoms with van der Waals surface area (Å²) in [6.45, 7) is 1.89. The second-order valence-electron chi connectivity index (χ2n) is 15.2. The number of anilines is 1. The second-order valence-corrected chi connectivity index (χ2v) is 17.6. The van der Waals surface area contributed by atoms with Gasteiger partial charge in [0.2, 0.25) is 10.0 Å². The van der Waals surface area contributed by atoms with Crippen LogP contribution < -0.4 is 14.4 Å². The lowest BCUT2D eigenvalue weighted by Gasteiger charge is -2.46. The number of allylic oxidation sites excluding steroid dienone is 1. The topological polar surface area (TPSA) is 120 Å². The number of nitrogens with zero attached hydrogens (tertiary/aromatic N) is 1. The SMILES string of the molecule is COC[C@H](C[C@H]1CC/C=C/[C@H](OC)[C@@H]2CC[C@H]2CN2C[C@@]3(CCCc4cc(Cl)ccc43)COc3ccc(cc32)C(=O)NS1(=O)=O)OC(=O)c1ccccc1. The molecule has 6 atom stereocenters. The van der Waals surface area contributed by atoms with Gasteiger partial charge in [0, 0.05) is 49.7 Å². The van der Waals surface area contributed by atoms with Crippen molar-refractivity contribution in [3.63, 3.8) is 0 Å². The van der Waals surface area contributed by atoms with Crippen molar-refractivity contribution in [3.05, 3.63) is 106 Å². The molecule has 1 saturated carbocycles. The third-order valence-corrected chi connectivity index (χ3v) is 13.8. The molecule has 1 amide bonds. The monoisotopic (exact) mass is 776 g/mol. The third-order valence-electron chi connectivity index (χ3n) is 11.7. The van der Waals surface area contributed by atoms with Gasteiger partial charge in [0.05, 0.1) is 35.8 Å². The molecule has 10 nitrogen and oxygen atoms in total. The van der Waals surface area contributed by atoms with Gasteiger partial charge in [0.1, 0.15) is 11.9 Å². The largest absolute Gasteiger partial charge is 0.490 e. The van der Waals surface area contributed by atoms with E-state index in [2.05, 4.69) is 21.8 Å². The smallest absolute Gasteiger partial charge is 0.338 e. The summed E-state index contributed by atoms with van der Waals surface area (Å²) < 4.78 is 54.4. The number of nitrogens with one attached hydrogen (secondary N) is 1. The number of benzene rings is 3. The minimum atomic E-state index is -4.26. The number of aryl methyl sites for hydroxylation is 1. The molecule has 1 fully saturated rings. The number of rotatable bonds is 7. The van der Waals surface area contributed by atoms with E-state index in [-0.39, 0.29) is 42.4 Å². The number of esters is 1. The number of carbonyl (C=O) groups is 2. The fraction of sp³-hybridized carbons (Fsp3) is 0.476. The van der Waals surface area contributed by atoms with Crippen molar-refractivity contribution in [2.45, 2.75) is 74.2 Å². The predicted molar refractivity (Wildman–Crippen MR) is 208 cm³/mol. The van der Waals surface area contributed by atoms with Crippen molar-refractivity contribution in [1.29, 1.82) is 0 Å². The Balaban J connectivity index is 1.22. The first kappa shape index (κ1) is 38.4. The van der Waals surface area contributed by atoms with E-state index >= 15 is 0 Å². The molecule has 2 bridgehead atoms. The Bertz CT molecular complexity index is 1970. The quantitative estimate of drug-likeness (QED) is 0.202. The number of amides is 1. The molecule has 0 saturated heterocycles. The van der Waals surface area contributed by atoms with Crippen LogP contribution in [0.3, 0.4) is 0 Å². The van der Waals surface area contributed by atoms with Gasteiger partial charge in [-0.15, -0.1) is 0 Å². The first-order valence-corrected chi connectivity index (χ1v) is 20.8. The Morgan fingerprint density at radius 1 is 1.07 bits per heavy atom. The lowest BCUT2D eigenvalue weighted by Crippen LogP contribution is -2.49. The highest BCUT2D eigenvalue weighted by Crippen LogP contribution is 2.47. The zero-order valence-electron chi connectivity index (χ0n) is 30.9. The van der Waals surface area contributed by atoms with Crippen LogP contribution in [0.2, 0.25) is 5.02 Å². The summed E-state index contributed by atoms with van der Waals surface area (Å²) >= 11 is 6.45. The Morgan fingerprint density at radius 2 is 1.91 bits per heavy atom. The summed E-state index contributed by atoms with van der Waals surface area (Å²) in [6.07, 6.45) is 8.52. The maximum atomic E-state index is 14.1. The molecular formula is C42H49ClN2O8S. The molecule has 2 aliphatic heterocycles. The van der Waals surface area contributed by atoms with Crippen LogP contribution in [-0.4, -0.2) is 78.3 Å². The molecule has 1 spiro atoms. The molecule has 1 N–H and O–H groups in total. The van der Waals surface area contributed by atoms with Gasteiger partial charge in [-0.05, 0) is 110 Å². The molecule has 7 rings (SSSR count). The highest BCUT2D eigenvalue weighted by atomic mass is 35.5. The van der Waals surface area contributed by atoms with Crippen molar-refractivity contribution in [1.82, 2.24) is 4.72 Å². The van der Waals surface area contributed by atoms with Gasteiger partial charge in [0.15, 0.2) is 0 Å². The van der Waals surface area contributed by atoms with E-state index < -0.39 is 33.3 Å². The average Bonchev–Trinajstić information content (AvgIpc) is 3.30. The number of sulfonamides is 1. The van der Waals surface area contributed by atoms with Crippen molar-refractivity contribution >= 4 is 39.2 Å². The lowest BCUT2D eigenvalue weighted by atomic mass is 9.68. The summed E-state index contributed by atoms with van der Waals surface area (Å²) in [5, 5.41) is -0.347. The Morgan fingerprint density at radius 3 is 2.67 bits per heavy atom. The number of ether oxygens (including phenoxy) is 4. The maximum Gasteiger partial charge on any atom is 0.338 e. The Kier molecular flexibility index (Phi) is 11.7. The molecule has 12 heteroatoms. The van der Waals surface area contributed by atoms with Crippen molar-refractivity contribution in [3.8, 4) is 5.75 Å². The average molecular weight is 777 g/mol. The normalized spacial score (nSPS) is 27.5. The van der Waals surface area contributed by atoms with Gasteiger partial charge in [0.25, 0.3) is 5.91 Å².